The number of anilines is 1. The normalized spacial score (nSPS) is 14.5. The van der Waals surface area contributed by atoms with Crippen LogP contribution in [-0.2, 0) is 4.79 Å². The first-order chi connectivity index (χ1) is 14.5. The van der Waals surface area contributed by atoms with E-state index in [0.29, 0.717) is 27.9 Å². The highest BCUT2D eigenvalue weighted by Crippen LogP contribution is 2.29. The fraction of sp³-hybridized carbons (Fsp3) is 0.160. The first-order valence-corrected chi connectivity index (χ1v) is 9.90. The van der Waals surface area contributed by atoms with Crippen LogP contribution in [0.15, 0.2) is 72.8 Å². The van der Waals surface area contributed by atoms with Crippen LogP contribution < -0.4 is 10.6 Å². The molecule has 0 heterocycles. The molecule has 0 bridgehead atoms. The summed E-state index contributed by atoms with van der Waals surface area (Å²) >= 11 is 0. The summed E-state index contributed by atoms with van der Waals surface area (Å²) in [6.07, 6.45) is 0. The second-order valence-electron chi connectivity index (χ2n) is 7.47. The summed E-state index contributed by atoms with van der Waals surface area (Å²) in [4.78, 5) is 38.2. The third-order valence-corrected chi connectivity index (χ3v) is 5.39. The summed E-state index contributed by atoms with van der Waals surface area (Å²) in [5.74, 6) is -0.599. The third kappa shape index (κ3) is 3.67. The highest BCUT2D eigenvalue weighted by atomic mass is 16.2. The number of hydrogen-bond donors (Lipinski definition) is 2. The molecular formula is C25H22N2O3. The summed E-state index contributed by atoms with van der Waals surface area (Å²) in [5, 5.41) is 6.12. The topological polar surface area (TPSA) is 75.3 Å². The van der Waals surface area contributed by atoms with Crippen LogP contribution in [-0.4, -0.2) is 23.5 Å². The number of rotatable bonds is 5. The molecule has 0 saturated carbocycles. The average molecular weight is 398 g/mol. The summed E-state index contributed by atoms with van der Waals surface area (Å²) < 4.78 is 0. The molecule has 30 heavy (non-hydrogen) atoms. The minimum atomic E-state index is -0.450. The summed E-state index contributed by atoms with van der Waals surface area (Å²) in [6, 6.07) is 21.1. The van der Waals surface area contributed by atoms with E-state index < -0.39 is 6.04 Å². The van der Waals surface area contributed by atoms with Gasteiger partial charge in [-0.1, -0.05) is 54.6 Å². The molecule has 5 nitrogen and oxygen atoms in total. The molecule has 2 atom stereocenters. The Morgan fingerprint density at radius 1 is 0.733 bits per heavy atom. The number of carbonyl (C=O) groups excluding carboxylic acids is 3. The van der Waals surface area contributed by atoms with Gasteiger partial charge in [0.15, 0.2) is 11.6 Å². The van der Waals surface area contributed by atoms with Gasteiger partial charge in [-0.3, -0.25) is 19.7 Å². The van der Waals surface area contributed by atoms with Gasteiger partial charge in [-0.15, -0.1) is 0 Å². The summed E-state index contributed by atoms with van der Waals surface area (Å²) in [5.41, 5.74) is 3.06. The van der Waals surface area contributed by atoms with Crippen LogP contribution in [0.4, 0.5) is 5.69 Å². The van der Waals surface area contributed by atoms with Crippen molar-refractivity contribution in [2.24, 2.45) is 0 Å². The van der Waals surface area contributed by atoms with Crippen molar-refractivity contribution in [2.75, 3.05) is 5.32 Å². The molecule has 150 valence electrons. The van der Waals surface area contributed by atoms with Gasteiger partial charge in [0, 0.05) is 34.0 Å². The van der Waals surface area contributed by atoms with Crippen molar-refractivity contribution < 1.29 is 14.4 Å². The van der Waals surface area contributed by atoms with Crippen molar-refractivity contribution >= 4 is 23.2 Å². The molecule has 1 aliphatic rings. The van der Waals surface area contributed by atoms with Crippen molar-refractivity contribution in [3.05, 3.63) is 101 Å². The lowest BCUT2D eigenvalue weighted by Crippen LogP contribution is -2.39. The zero-order valence-corrected chi connectivity index (χ0v) is 16.8. The highest BCUT2D eigenvalue weighted by Gasteiger charge is 2.29. The molecule has 4 rings (SSSR count). The number of nitrogens with one attached hydrogen (secondary N) is 2. The quantitative estimate of drug-likeness (QED) is 0.530. The molecule has 3 aromatic carbocycles. The Bertz CT molecular complexity index is 1140. The van der Waals surface area contributed by atoms with Crippen LogP contribution in [0.5, 0.6) is 0 Å². The number of ketones is 2. The molecule has 0 spiro atoms. The van der Waals surface area contributed by atoms with Gasteiger partial charge in [-0.05, 0) is 37.6 Å². The number of benzene rings is 3. The number of fused-ring (bicyclic) bond motifs is 2. The maximum Gasteiger partial charge on any atom is 0.241 e. The van der Waals surface area contributed by atoms with Crippen LogP contribution in [0, 0.1) is 0 Å². The minimum absolute atomic E-state index is 0.00573. The van der Waals surface area contributed by atoms with Crippen molar-refractivity contribution in [3.63, 3.8) is 0 Å². The fourth-order valence-electron chi connectivity index (χ4n) is 3.72. The molecule has 0 radical (unpaired) electrons. The van der Waals surface area contributed by atoms with Gasteiger partial charge in [-0.2, -0.15) is 0 Å². The van der Waals surface area contributed by atoms with E-state index in [-0.39, 0.29) is 23.5 Å². The SMILES string of the molecule is C[C@H](N[C@@H](C)c1ccccc1)C(=O)Nc1ccc2c(c1)C(=O)c1ccccc1C2=O. The molecule has 1 amide bonds. The lowest BCUT2D eigenvalue weighted by Gasteiger charge is -2.21. The molecular weight excluding hydrogens is 376 g/mol. The molecule has 1 aliphatic carbocycles. The fourth-order valence-corrected chi connectivity index (χ4v) is 3.72. The van der Waals surface area contributed by atoms with Gasteiger partial charge >= 0.3 is 0 Å². The Balaban J connectivity index is 1.50. The lowest BCUT2D eigenvalue weighted by atomic mass is 9.84. The second kappa shape index (κ2) is 8.05. The molecule has 0 unspecified atom stereocenters. The van der Waals surface area contributed by atoms with Crippen LogP contribution in [0.1, 0.15) is 57.3 Å². The smallest absolute Gasteiger partial charge is 0.241 e. The number of carbonyl (C=O) groups is 3. The largest absolute Gasteiger partial charge is 0.325 e. The van der Waals surface area contributed by atoms with Gasteiger partial charge in [-0.25, -0.2) is 0 Å². The van der Waals surface area contributed by atoms with Crippen molar-refractivity contribution in [1.82, 2.24) is 5.32 Å². The van der Waals surface area contributed by atoms with Gasteiger partial charge in [0.1, 0.15) is 0 Å². The van der Waals surface area contributed by atoms with Crippen LogP contribution in [0.3, 0.4) is 0 Å². The van der Waals surface area contributed by atoms with Crippen molar-refractivity contribution in [3.8, 4) is 0 Å². The van der Waals surface area contributed by atoms with E-state index in [0.717, 1.165) is 5.56 Å². The first-order valence-electron chi connectivity index (χ1n) is 9.90. The van der Waals surface area contributed by atoms with E-state index in [1.807, 2.05) is 37.3 Å². The van der Waals surface area contributed by atoms with Crippen LogP contribution in [0.2, 0.25) is 0 Å². The van der Waals surface area contributed by atoms with Gasteiger partial charge in [0.05, 0.1) is 6.04 Å². The molecule has 0 fully saturated rings. The van der Waals surface area contributed by atoms with E-state index in [9.17, 15) is 14.4 Å². The predicted octanol–water partition coefficient (Wildman–Crippen LogP) is 4.14. The number of hydrogen-bond acceptors (Lipinski definition) is 4. The second-order valence-corrected chi connectivity index (χ2v) is 7.47. The number of amides is 1. The Hall–Kier alpha value is -3.57. The molecule has 2 N–H and O–H groups in total. The average Bonchev–Trinajstić information content (AvgIpc) is 2.78. The Morgan fingerprint density at radius 3 is 1.97 bits per heavy atom. The standard InChI is InChI=1S/C25H22N2O3/c1-15(17-8-4-3-5-9-17)26-16(2)25(30)27-18-12-13-21-22(14-18)24(29)20-11-7-6-10-19(20)23(21)28/h3-16,26H,1-2H3,(H,27,30)/t15-,16-/m0/s1. The molecule has 3 aromatic rings. The van der Waals surface area contributed by atoms with Gasteiger partial charge in [0.25, 0.3) is 0 Å². The molecule has 0 aromatic heterocycles. The van der Waals surface area contributed by atoms with E-state index in [2.05, 4.69) is 10.6 Å². The minimum Gasteiger partial charge on any atom is -0.325 e. The van der Waals surface area contributed by atoms with Crippen LogP contribution in [0.25, 0.3) is 0 Å². The van der Waals surface area contributed by atoms with Crippen LogP contribution >= 0.6 is 0 Å². The Morgan fingerprint density at radius 2 is 1.30 bits per heavy atom. The van der Waals surface area contributed by atoms with Gasteiger partial charge < -0.3 is 5.32 Å². The Kier molecular flexibility index (Phi) is 5.29. The predicted molar refractivity (Wildman–Crippen MR) is 116 cm³/mol. The third-order valence-electron chi connectivity index (χ3n) is 5.39. The summed E-state index contributed by atoms with van der Waals surface area (Å²) in [6.45, 7) is 3.79. The van der Waals surface area contributed by atoms with E-state index >= 15 is 0 Å². The Labute approximate surface area is 175 Å². The lowest BCUT2D eigenvalue weighted by molar-refractivity contribution is -0.117. The van der Waals surface area contributed by atoms with Crippen molar-refractivity contribution in [2.45, 2.75) is 25.9 Å². The van der Waals surface area contributed by atoms with E-state index in [4.69, 9.17) is 0 Å². The summed E-state index contributed by atoms with van der Waals surface area (Å²) in [7, 11) is 0. The maximum atomic E-state index is 12.9. The molecule has 0 aliphatic heterocycles. The first kappa shape index (κ1) is 19.7. The van der Waals surface area contributed by atoms with Crippen molar-refractivity contribution in [1.29, 1.82) is 0 Å². The zero-order valence-electron chi connectivity index (χ0n) is 16.8. The monoisotopic (exact) mass is 398 g/mol. The van der Waals surface area contributed by atoms with E-state index in [1.54, 1.807) is 49.4 Å². The molecule has 5 heteroatoms. The van der Waals surface area contributed by atoms with E-state index in [1.165, 1.54) is 0 Å². The molecule has 0 saturated heterocycles. The maximum absolute atomic E-state index is 12.9. The van der Waals surface area contributed by atoms with Gasteiger partial charge in [0.2, 0.25) is 5.91 Å². The highest BCUT2D eigenvalue weighted by molar-refractivity contribution is 6.28. The zero-order chi connectivity index (χ0) is 21.3.